The van der Waals surface area contributed by atoms with Crippen LogP contribution < -0.4 is 10.1 Å². The quantitative estimate of drug-likeness (QED) is 0.860. The van der Waals surface area contributed by atoms with Crippen molar-refractivity contribution < 1.29 is 4.74 Å². The Bertz CT molecular complexity index is 482. The van der Waals surface area contributed by atoms with Crippen LogP contribution in [0.5, 0.6) is 5.75 Å². The lowest BCUT2D eigenvalue weighted by molar-refractivity contribution is 0.340. The molecule has 1 aromatic heterocycles. The van der Waals surface area contributed by atoms with E-state index < -0.39 is 0 Å². The zero-order chi connectivity index (χ0) is 13.5. The van der Waals surface area contributed by atoms with E-state index in [0.29, 0.717) is 6.61 Å². The summed E-state index contributed by atoms with van der Waals surface area (Å²) in [4.78, 5) is 4.30. The Morgan fingerprint density at radius 3 is 2.58 bits per heavy atom. The third-order valence-electron chi connectivity index (χ3n) is 3.01. The molecular weight excluding hydrogens is 236 g/mol. The molecule has 0 saturated heterocycles. The first-order chi connectivity index (χ1) is 9.29. The summed E-state index contributed by atoms with van der Waals surface area (Å²) in [5, 5.41) is 3.46. The van der Waals surface area contributed by atoms with Crippen molar-refractivity contribution in [1.82, 2.24) is 10.3 Å². The molecule has 100 valence electrons. The van der Waals surface area contributed by atoms with Crippen LogP contribution in [-0.2, 0) is 6.54 Å². The number of pyridine rings is 1. The fourth-order valence-corrected chi connectivity index (χ4v) is 1.90. The molecule has 0 amide bonds. The molecule has 1 aromatic carbocycles. The number of aromatic nitrogens is 1. The van der Waals surface area contributed by atoms with E-state index in [0.717, 1.165) is 18.0 Å². The summed E-state index contributed by atoms with van der Waals surface area (Å²) in [6.45, 7) is 5.62. The molecule has 0 bridgehead atoms. The van der Waals surface area contributed by atoms with Crippen LogP contribution in [0, 0.1) is 0 Å². The molecule has 0 radical (unpaired) electrons. The average molecular weight is 256 g/mol. The molecule has 0 fully saturated rings. The van der Waals surface area contributed by atoms with Crippen molar-refractivity contribution in [2.24, 2.45) is 0 Å². The lowest BCUT2D eigenvalue weighted by Crippen LogP contribution is -2.18. The van der Waals surface area contributed by atoms with Crippen molar-refractivity contribution in [2.45, 2.75) is 26.4 Å². The summed E-state index contributed by atoms with van der Waals surface area (Å²) >= 11 is 0. The number of rotatable bonds is 6. The van der Waals surface area contributed by atoms with Crippen molar-refractivity contribution in [2.75, 3.05) is 6.61 Å². The first-order valence-corrected chi connectivity index (χ1v) is 6.65. The Labute approximate surface area is 114 Å². The van der Waals surface area contributed by atoms with E-state index in [-0.39, 0.29) is 6.04 Å². The van der Waals surface area contributed by atoms with Gasteiger partial charge < -0.3 is 10.1 Å². The minimum atomic E-state index is 0.290. The predicted octanol–water partition coefficient (Wildman–Crippen LogP) is 3.33. The lowest BCUT2D eigenvalue weighted by atomic mass is 10.1. The summed E-state index contributed by atoms with van der Waals surface area (Å²) in [6.07, 6.45) is 1.82. The Hall–Kier alpha value is -1.87. The second kappa shape index (κ2) is 6.90. The highest BCUT2D eigenvalue weighted by atomic mass is 16.5. The largest absolute Gasteiger partial charge is 0.494 e. The molecular formula is C16H20N2O. The first kappa shape index (κ1) is 13.6. The van der Waals surface area contributed by atoms with Crippen LogP contribution in [0.15, 0.2) is 48.7 Å². The summed E-state index contributed by atoms with van der Waals surface area (Å²) in [7, 11) is 0. The maximum Gasteiger partial charge on any atom is 0.119 e. The van der Waals surface area contributed by atoms with Gasteiger partial charge in [-0.25, -0.2) is 0 Å². The van der Waals surface area contributed by atoms with Crippen LogP contribution >= 0.6 is 0 Å². The van der Waals surface area contributed by atoms with Gasteiger partial charge in [0.1, 0.15) is 5.75 Å². The monoisotopic (exact) mass is 256 g/mol. The minimum Gasteiger partial charge on any atom is -0.494 e. The topological polar surface area (TPSA) is 34.1 Å². The van der Waals surface area contributed by atoms with E-state index >= 15 is 0 Å². The molecule has 0 aliphatic rings. The highest BCUT2D eigenvalue weighted by Crippen LogP contribution is 2.17. The van der Waals surface area contributed by atoms with Gasteiger partial charge in [-0.1, -0.05) is 18.2 Å². The fourth-order valence-electron chi connectivity index (χ4n) is 1.90. The molecule has 1 heterocycles. The van der Waals surface area contributed by atoms with Gasteiger partial charge in [-0.2, -0.15) is 0 Å². The standard InChI is InChI=1S/C16H20N2O/c1-3-19-16-9-7-14(8-10-16)13(2)18-12-15-6-4-5-11-17-15/h4-11,13,18H,3,12H2,1-2H3. The van der Waals surface area contributed by atoms with Crippen molar-refractivity contribution in [3.8, 4) is 5.75 Å². The molecule has 2 rings (SSSR count). The van der Waals surface area contributed by atoms with E-state index in [1.165, 1.54) is 5.56 Å². The van der Waals surface area contributed by atoms with Crippen molar-refractivity contribution in [1.29, 1.82) is 0 Å². The van der Waals surface area contributed by atoms with Gasteiger partial charge in [0.05, 0.1) is 12.3 Å². The Morgan fingerprint density at radius 2 is 1.95 bits per heavy atom. The Kier molecular flexibility index (Phi) is 4.93. The van der Waals surface area contributed by atoms with Gasteiger partial charge in [0, 0.05) is 18.8 Å². The minimum absolute atomic E-state index is 0.290. The molecule has 0 aliphatic heterocycles. The van der Waals surface area contributed by atoms with E-state index in [2.05, 4.69) is 29.4 Å². The molecule has 3 heteroatoms. The van der Waals surface area contributed by atoms with Crippen LogP contribution in [0.25, 0.3) is 0 Å². The van der Waals surface area contributed by atoms with Crippen LogP contribution in [0.1, 0.15) is 31.1 Å². The van der Waals surface area contributed by atoms with Crippen LogP contribution in [-0.4, -0.2) is 11.6 Å². The first-order valence-electron chi connectivity index (χ1n) is 6.65. The van der Waals surface area contributed by atoms with Crippen LogP contribution in [0.4, 0.5) is 0 Å². The van der Waals surface area contributed by atoms with E-state index in [9.17, 15) is 0 Å². The van der Waals surface area contributed by atoms with Gasteiger partial charge in [-0.05, 0) is 43.7 Å². The number of nitrogens with zero attached hydrogens (tertiary/aromatic N) is 1. The Morgan fingerprint density at radius 1 is 1.16 bits per heavy atom. The van der Waals surface area contributed by atoms with Crippen molar-refractivity contribution in [3.63, 3.8) is 0 Å². The highest BCUT2D eigenvalue weighted by Gasteiger charge is 2.05. The molecule has 1 N–H and O–H groups in total. The number of ether oxygens (including phenoxy) is 1. The molecule has 1 unspecified atom stereocenters. The van der Waals surface area contributed by atoms with Crippen molar-refractivity contribution >= 4 is 0 Å². The highest BCUT2D eigenvalue weighted by molar-refractivity contribution is 5.29. The predicted molar refractivity (Wildman–Crippen MR) is 77.1 cm³/mol. The lowest BCUT2D eigenvalue weighted by Gasteiger charge is -2.14. The second-order valence-electron chi connectivity index (χ2n) is 4.43. The summed E-state index contributed by atoms with van der Waals surface area (Å²) in [6, 6.07) is 14.5. The molecule has 2 aromatic rings. The van der Waals surface area contributed by atoms with E-state index in [1.54, 1.807) is 0 Å². The smallest absolute Gasteiger partial charge is 0.119 e. The maximum absolute atomic E-state index is 5.44. The van der Waals surface area contributed by atoms with E-state index in [1.807, 2.05) is 43.5 Å². The van der Waals surface area contributed by atoms with Gasteiger partial charge in [0.2, 0.25) is 0 Å². The number of benzene rings is 1. The average Bonchev–Trinajstić information content (AvgIpc) is 2.47. The second-order valence-corrected chi connectivity index (χ2v) is 4.43. The molecule has 0 saturated carbocycles. The zero-order valence-electron chi connectivity index (χ0n) is 11.5. The number of hydrogen-bond acceptors (Lipinski definition) is 3. The molecule has 0 spiro atoms. The summed E-state index contributed by atoms with van der Waals surface area (Å²) in [5.41, 5.74) is 2.31. The number of hydrogen-bond donors (Lipinski definition) is 1. The van der Waals surface area contributed by atoms with Crippen LogP contribution in [0.2, 0.25) is 0 Å². The van der Waals surface area contributed by atoms with Gasteiger partial charge in [-0.3, -0.25) is 4.98 Å². The maximum atomic E-state index is 5.44. The van der Waals surface area contributed by atoms with Crippen LogP contribution in [0.3, 0.4) is 0 Å². The van der Waals surface area contributed by atoms with Gasteiger partial charge in [0.25, 0.3) is 0 Å². The van der Waals surface area contributed by atoms with Gasteiger partial charge in [-0.15, -0.1) is 0 Å². The van der Waals surface area contributed by atoms with Crippen molar-refractivity contribution in [3.05, 3.63) is 59.9 Å². The van der Waals surface area contributed by atoms with E-state index in [4.69, 9.17) is 4.74 Å². The molecule has 3 nitrogen and oxygen atoms in total. The molecule has 19 heavy (non-hydrogen) atoms. The summed E-state index contributed by atoms with van der Waals surface area (Å²) < 4.78 is 5.44. The Balaban J connectivity index is 1.90. The molecule has 1 atom stereocenters. The van der Waals surface area contributed by atoms with Gasteiger partial charge in [0.15, 0.2) is 0 Å². The van der Waals surface area contributed by atoms with Gasteiger partial charge >= 0.3 is 0 Å². The molecule has 0 aliphatic carbocycles. The zero-order valence-corrected chi connectivity index (χ0v) is 11.5. The third-order valence-corrected chi connectivity index (χ3v) is 3.01. The SMILES string of the molecule is CCOc1ccc(C(C)NCc2ccccn2)cc1. The fraction of sp³-hybridized carbons (Fsp3) is 0.312. The third kappa shape index (κ3) is 4.07. The number of nitrogens with one attached hydrogen (secondary N) is 1. The normalized spacial score (nSPS) is 12.1. The summed E-state index contributed by atoms with van der Waals surface area (Å²) in [5.74, 6) is 0.920.